The number of hydrogen-bond acceptors (Lipinski definition) is 5. The Labute approximate surface area is 296 Å². The molecular weight excluding hydrogens is 573 g/mol. The molecule has 0 radical (unpaired) electrons. The number of methoxy groups -OCH3 is 1. The molecule has 1 heterocycles. The number of hydrogen-bond donors (Lipinski definition) is 2. The number of benzene rings is 4. The van der Waals surface area contributed by atoms with Crippen LogP contribution in [0.2, 0.25) is 5.02 Å². The molecule has 1 aliphatic heterocycles. The van der Waals surface area contributed by atoms with E-state index in [1.165, 1.54) is 49.2 Å². The zero-order valence-electron chi connectivity index (χ0n) is 24.4. The van der Waals surface area contributed by atoms with E-state index in [2.05, 4.69) is 47.4 Å². The number of likely N-dealkylation sites (tertiary alicyclic amines) is 1. The van der Waals surface area contributed by atoms with Gasteiger partial charge >= 0.3 is 51.4 Å². The molecule has 0 spiro atoms. The van der Waals surface area contributed by atoms with Crippen molar-refractivity contribution in [1.29, 1.82) is 5.41 Å². The maximum atomic E-state index is 8.83. The largest absolute Gasteiger partial charge is 1.00 e. The van der Waals surface area contributed by atoms with Gasteiger partial charge in [-0.2, -0.15) is 0 Å². The minimum atomic E-state index is 0. The van der Waals surface area contributed by atoms with Crippen LogP contribution in [0.5, 0.6) is 17.2 Å². The Balaban J connectivity index is 0.000000415. The third-order valence-electron chi connectivity index (χ3n) is 7.22. The fraction of sp³-hybridized carbons (Fsp3) is 0.265. The number of phenolic OH excluding ortho intramolecular Hbond substituents is 1. The van der Waals surface area contributed by atoms with Crippen molar-refractivity contribution >= 4 is 23.5 Å². The second-order valence-electron chi connectivity index (χ2n) is 10.1. The van der Waals surface area contributed by atoms with Crippen molar-refractivity contribution in [2.45, 2.75) is 19.3 Å². The molecule has 0 atom stereocenters. The van der Waals surface area contributed by atoms with E-state index in [9.17, 15) is 0 Å². The zero-order valence-corrected chi connectivity index (χ0v) is 28.2. The Kier molecular flexibility index (Phi) is 14.4. The first kappa shape index (κ1) is 34.1. The fourth-order valence-electron chi connectivity index (χ4n) is 4.98. The molecule has 4 aromatic rings. The van der Waals surface area contributed by atoms with Gasteiger partial charge in [0.15, 0.2) is 11.5 Å². The van der Waals surface area contributed by atoms with Gasteiger partial charge in [0.25, 0.3) is 0 Å². The molecule has 1 saturated heterocycles. The Morgan fingerprint density at radius 2 is 1.64 bits per heavy atom. The Morgan fingerprint density at radius 3 is 2.24 bits per heavy atom. The molecule has 1 aliphatic rings. The molecule has 0 unspecified atom stereocenters. The third kappa shape index (κ3) is 10.1. The third-order valence-corrected chi connectivity index (χ3v) is 7.53. The van der Waals surface area contributed by atoms with Gasteiger partial charge in [-0.25, -0.2) is 0 Å². The van der Waals surface area contributed by atoms with Crippen molar-refractivity contribution < 1.29 is 66.0 Å². The van der Waals surface area contributed by atoms with E-state index in [-0.39, 0.29) is 62.2 Å². The molecule has 214 valence electrons. The average molecular weight is 610 g/mol. The van der Waals surface area contributed by atoms with Crippen molar-refractivity contribution in [1.82, 2.24) is 4.90 Å². The first-order valence-electron chi connectivity index (χ1n) is 13.8. The number of phenols is 1. The molecule has 1 fully saturated rings. The average Bonchev–Trinajstić information content (AvgIpc) is 3.01. The first-order valence-corrected chi connectivity index (χ1v) is 14.2. The van der Waals surface area contributed by atoms with Crippen LogP contribution in [0, 0.1) is 11.3 Å². The summed E-state index contributed by atoms with van der Waals surface area (Å²) in [5.74, 6) is 2.22. The van der Waals surface area contributed by atoms with E-state index in [0.717, 1.165) is 48.0 Å². The van der Waals surface area contributed by atoms with Gasteiger partial charge in [-0.15, -0.1) is 5.69 Å². The van der Waals surface area contributed by atoms with Crippen molar-refractivity contribution in [3.05, 3.63) is 113 Å². The van der Waals surface area contributed by atoms with Crippen molar-refractivity contribution in [3.8, 4) is 28.4 Å². The van der Waals surface area contributed by atoms with E-state index in [1.54, 1.807) is 7.11 Å². The van der Waals surface area contributed by atoms with Crippen LogP contribution in [-0.2, 0) is 6.42 Å². The molecule has 3 N–H and O–H groups in total. The summed E-state index contributed by atoms with van der Waals surface area (Å²) in [6.07, 6.45) is 5.00. The van der Waals surface area contributed by atoms with Crippen LogP contribution in [0.3, 0.4) is 0 Å². The summed E-state index contributed by atoms with van der Waals surface area (Å²) >= 11 is 5.44. The number of rotatable bonds is 9. The maximum absolute atomic E-state index is 8.83. The fourth-order valence-corrected chi connectivity index (χ4v) is 5.17. The summed E-state index contributed by atoms with van der Waals surface area (Å²) < 4.78 is 11.9. The molecule has 8 heteroatoms. The smallest absolute Gasteiger partial charge is 0.699 e. The normalized spacial score (nSPS) is 13.3. The molecule has 0 saturated carbocycles. The second-order valence-corrected chi connectivity index (χ2v) is 10.5. The standard InChI is InChI=1S/C28H32N2O2.C6H5ClNO.K/c1-31-27-20-24(21-29)19-26(25-10-6-3-7-11-25)28(27)32-17-16-30-14-12-23(13-15-30)18-22-8-4-2-5-9-22;7-5-3-4(8)1-2-6(5)9;/h2-11,19-21,23,29H,12-18H2,1H3;1-3,8-9H;/q;-1;+1. The summed E-state index contributed by atoms with van der Waals surface area (Å²) in [6, 6.07) is 29.1. The van der Waals surface area contributed by atoms with Crippen LogP contribution in [-0.4, -0.2) is 49.6 Å². The molecule has 0 aromatic heterocycles. The van der Waals surface area contributed by atoms with Crippen molar-refractivity contribution in [2.75, 3.05) is 33.4 Å². The molecule has 0 amide bonds. The number of halogens is 1. The first-order chi connectivity index (χ1) is 20.0. The topological polar surface area (TPSA) is 89.6 Å². The molecule has 0 bridgehead atoms. The van der Waals surface area contributed by atoms with Gasteiger partial charge in [-0.05, 0) is 73.2 Å². The van der Waals surface area contributed by atoms with Crippen LogP contribution in [0.15, 0.2) is 91.0 Å². The van der Waals surface area contributed by atoms with Gasteiger partial charge in [-0.1, -0.05) is 84.4 Å². The van der Waals surface area contributed by atoms with Gasteiger partial charge in [0.1, 0.15) is 12.4 Å². The summed E-state index contributed by atoms with van der Waals surface area (Å²) in [5, 5.41) is 16.7. The second kappa shape index (κ2) is 17.7. The monoisotopic (exact) mass is 609 g/mol. The molecule has 5 rings (SSSR count). The number of nitrogens with zero attached hydrogens (tertiary/aromatic N) is 1. The molecule has 0 aliphatic carbocycles. The zero-order chi connectivity index (χ0) is 29.0. The van der Waals surface area contributed by atoms with Crippen LogP contribution >= 0.6 is 11.6 Å². The minimum Gasteiger partial charge on any atom is -0.699 e. The van der Waals surface area contributed by atoms with Gasteiger partial charge < -0.3 is 25.7 Å². The van der Waals surface area contributed by atoms with Gasteiger partial charge in [0.2, 0.25) is 0 Å². The van der Waals surface area contributed by atoms with E-state index in [1.807, 2.05) is 30.3 Å². The van der Waals surface area contributed by atoms with Crippen LogP contribution < -0.4 is 60.9 Å². The van der Waals surface area contributed by atoms with Crippen LogP contribution in [0.1, 0.15) is 24.0 Å². The Hall–Kier alpha value is -2.36. The number of nitrogens with one attached hydrogen (secondary N) is 2. The summed E-state index contributed by atoms with van der Waals surface area (Å²) in [6.45, 7) is 3.76. The predicted octanol–water partition coefficient (Wildman–Crippen LogP) is 5.43. The van der Waals surface area contributed by atoms with Crippen LogP contribution in [0.4, 0.5) is 5.69 Å². The molecular formula is C34H37ClKN3O3. The van der Waals surface area contributed by atoms with E-state index in [4.69, 9.17) is 37.3 Å². The van der Waals surface area contributed by atoms with Gasteiger partial charge in [0.05, 0.1) is 12.1 Å². The quantitative estimate of drug-likeness (QED) is 0.151. The number of ether oxygens (including phenoxy) is 2. The Morgan fingerprint density at radius 1 is 0.976 bits per heavy atom. The Bertz CT molecular complexity index is 1400. The van der Waals surface area contributed by atoms with Crippen LogP contribution in [0.25, 0.3) is 16.9 Å². The van der Waals surface area contributed by atoms with Gasteiger partial charge in [0, 0.05) is 18.3 Å². The predicted molar refractivity (Wildman–Crippen MR) is 168 cm³/mol. The number of aromatic hydroxyl groups is 1. The molecule has 6 nitrogen and oxygen atoms in total. The molecule has 4 aromatic carbocycles. The summed E-state index contributed by atoms with van der Waals surface area (Å²) in [7, 11) is 1.65. The number of piperidine rings is 1. The van der Waals surface area contributed by atoms with Crippen molar-refractivity contribution in [2.24, 2.45) is 5.92 Å². The maximum Gasteiger partial charge on any atom is 1.00 e. The van der Waals surface area contributed by atoms with E-state index < -0.39 is 0 Å². The van der Waals surface area contributed by atoms with E-state index >= 15 is 0 Å². The minimum absolute atomic E-state index is 0. The SMILES string of the molecule is COc1cc(C=N)cc(-c2ccccc2)c1OCCN1CCC(Cc2ccccc2)CC1.[K+].[NH-]c1ccc(O)c(Cl)c1. The van der Waals surface area contributed by atoms with E-state index in [0.29, 0.717) is 18.0 Å². The van der Waals surface area contributed by atoms with Gasteiger partial charge in [-0.3, -0.25) is 4.90 Å². The summed E-state index contributed by atoms with van der Waals surface area (Å²) in [5.41, 5.74) is 11.6. The molecule has 42 heavy (non-hydrogen) atoms. The van der Waals surface area contributed by atoms with Crippen molar-refractivity contribution in [3.63, 3.8) is 0 Å². The summed E-state index contributed by atoms with van der Waals surface area (Å²) in [4.78, 5) is 2.50.